The maximum Gasteiger partial charge on any atom is 0.0545 e. The first kappa shape index (κ1) is 11.4. The molecule has 0 amide bonds. The van der Waals surface area contributed by atoms with Crippen LogP contribution >= 0.6 is 22.9 Å². The van der Waals surface area contributed by atoms with Gasteiger partial charge in [0, 0.05) is 21.7 Å². The van der Waals surface area contributed by atoms with Crippen molar-refractivity contribution in [3.05, 3.63) is 20.8 Å². The summed E-state index contributed by atoms with van der Waals surface area (Å²) in [5.74, 6) is 0. The molecule has 1 aromatic rings. The van der Waals surface area contributed by atoms with E-state index in [1.54, 1.807) is 0 Å². The first-order valence-electron chi connectivity index (χ1n) is 5.64. The number of nitrogens with two attached hydrogens (primary N) is 1. The SMILES string of the molecule is Cc1sc(C2(CN)CCCCC2)cc1Cl. The Hall–Kier alpha value is -0.0500. The lowest BCUT2D eigenvalue weighted by Gasteiger charge is -2.35. The summed E-state index contributed by atoms with van der Waals surface area (Å²) in [5.41, 5.74) is 6.23. The Morgan fingerprint density at radius 3 is 2.53 bits per heavy atom. The molecule has 0 bridgehead atoms. The molecule has 0 aliphatic heterocycles. The van der Waals surface area contributed by atoms with Gasteiger partial charge in [0.2, 0.25) is 0 Å². The number of thiophene rings is 1. The molecular formula is C12H18ClNS. The molecule has 1 aliphatic rings. The minimum atomic E-state index is 0.237. The topological polar surface area (TPSA) is 26.0 Å². The predicted molar refractivity (Wildman–Crippen MR) is 67.9 cm³/mol. The number of aryl methyl sites for hydroxylation is 1. The summed E-state index contributed by atoms with van der Waals surface area (Å²) in [4.78, 5) is 2.64. The Kier molecular flexibility index (Phi) is 3.39. The molecular weight excluding hydrogens is 226 g/mol. The van der Waals surface area contributed by atoms with Crippen LogP contribution in [0, 0.1) is 6.92 Å². The van der Waals surface area contributed by atoms with E-state index in [2.05, 4.69) is 13.0 Å². The highest BCUT2D eigenvalue weighted by molar-refractivity contribution is 7.12. The Bertz CT molecular complexity index is 320. The molecule has 1 nitrogen and oxygen atoms in total. The fraction of sp³-hybridized carbons (Fsp3) is 0.667. The Labute approximate surface area is 101 Å². The molecule has 0 saturated heterocycles. The van der Waals surface area contributed by atoms with Crippen molar-refractivity contribution in [2.24, 2.45) is 5.73 Å². The van der Waals surface area contributed by atoms with Crippen LogP contribution in [0.25, 0.3) is 0 Å². The summed E-state index contributed by atoms with van der Waals surface area (Å²) in [6, 6.07) is 2.14. The zero-order valence-electron chi connectivity index (χ0n) is 9.18. The van der Waals surface area contributed by atoms with E-state index in [-0.39, 0.29) is 5.41 Å². The van der Waals surface area contributed by atoms with Crippen LogP contribution in [0.1, 0.15) is 41.9 Å². The van der Waals surface area contributed by atoms with Crippen molar-refractivity contribution >= 4 is 22.9 Å². The molecule has 1 saturated carbocycles. The van der Waals surface area contributed by atoms with Crippen LogP contribution in [0.3, 0.4) is 0 Å². The fourth-order valence-corrected chi connectivity index (χ4v) is 3.96. The molecule has 3 heteroatoms. The van der Waals surface area contributed by atoms with Gasteiger partial charge >= 0.3 is 0 Å². The molecule has 2 rings (SSSR count). The second-order valence-electron chi connectivity index (χ2n) is 4.56. The minimum Gasteiger partial charge on any atom is -0.330 e. The Balaban J connectivity index is 2.32. The molecule has 84 valence electrons. The van der Waals surface area contributed by atoms with Crippen molar-refractivity contribution in [3.63, 3.8) is 0 Å². The number of rotatable bonds is 2. The quantitative estimate of drug-likeness (QED) is 0.839. The van der Waals surface area contributed by atoms with Crippen LogP contribution in [0.15, 0.2) is 6.07 Å². The molecule has 0 spiro atoms. The van der Waals surface area contributed by atoms with Crippen LogP contribution < -0.4 is 5.73 Å². The third-order valence-electron chi connectivity index (χ3n) is 3.58. The van der Waals surface area contributed by atoms with E-state index in [4.69, 9.17) is 17.3 Å². The number of halogens is 1. The van der Waals surface area contributed by atoms with E-state index >= 15 is 0 Å². The Morgan fingerprint density at radius 2 is 2.07 bits per heavy atom. The number of hydrogen-bond acceptors (Lipinski definition) is 2. The standard InChI is InChI=1S/C12H18ClNS/c1-9-10(13)7-11(15-9)12(8-14)5-3-2-4-6-12/h7H,2-6,8,14H2,1H3. The lowest BCUT2D eigenvalue weighted by atomic mass is 9.73. The van der Waals surface area contributed by atoms with Crippen LogP contribution in [-0.2, 0) is 5.41 Å². The number of hydrogen-bond donors (Lipinski definition) is 1. The third-order valence-corrected chi connectivity index (χ3v) is 5.38. The first-order valence-corrected chi connectivity index (χ1v) is 6.84. The highest BCUT2D eigenvalue weighted by atomic mass is 35.5. The Morgan fingerprint density at radius 1 is 1.40 bits per heavy atom. The van der Waals surface area contributed by atoms with Crippen molar-refractivity contribution in [2.45, 2.75) is 44.4 Å². The molecule has 2 N–H and O–H groups in total. The van der Waals surface area contributed by atoms with Gasteiger partial charge < -0.3 is 5.73 Å². The van der Waals surface area contributed by atoms with Gasteiger partial charge in [0.1, 0.15) is 0 Å². The molecule has 15 heavy (non-hydrogen) atoms. The largest absolute Gasteiger partial charge is 0.330 e. The van der Waals surface area contributed by atoms with Crippen LogP contribution in [0.4, 0.5) is 0 Å². The molecule has 1 fully saturated rings. The zero-order valence-corrected chi connectivity index (χ0v) is 10.8. The van der Waals surface area contributed by atoms with Gasteiger partial charge in [-0.1, -0.05) is 30.9 Å². The minimum absolute atomic E-state index is 0.237. The molecule has 1 aromatic heterocycles. The fourth-order valence-electron chi connectivity index (χ4n) is 2.50. The molecule has 0 atom stereocenters. The van der Waals surface area contributed by atoms with Crippen molar-refractivity contribution in [1.29, 1.82) is 0 Å². The second kappa shape index (κ2) is 4.44. The van der Waals surface area contributed by atoms with Gasteiger partial charge in [-0.15, -0.1) is 11.3 Å². The summed E-state index contributed by atoms with van der Waals surface area (Å²) >= 11 is 7.97. The maximum atomic E-state index is 6.14. The highest BCUT2D eigenvalue weighted by Crippen LogP contribution is 2.43. The normalized spacial score (nSPS) is 20.5. The van der Waals surface area contributed by atoms with Gasteiger partial charge in [0.15, 0.2) is 0 Å². The predicted octanol–water partition coefficient (Wildman–Crippen LogP) is 3.87. The van der Waals surface area contributed by atoms with Gasteiger partial charge in [-0.05, 0) is 25.8 Å². The van der Waals surface area contributed by atoms with E-state index in [0.29, 0.717) is 0 Å². The van der Waals surface area contributed by atoms with E-state index in [1.807, 2.05) is 11.3 Å². The molecule has 0 aromatic carbocycles. The smallest absolute Gasteiger partial charge is 0.0545 e. The van der Waals surface area contributed by atoms with E-state index in [1.165, 1.54) is 41.9 Å². The van der Waals surface area contributed by atoms with Crippen LogP contribution in [0.5, 0.6) is 0 Å². The lowest BCUT2D eigenvalue weighted by Crippen LogP contribution is -2.36. The van der Waals surface area contributed by atoms with Crippen LogP contribution in [-0.4, -0.2) is 6.54 Å². The summed E-state index contributed by atoms with van der Waals surface area (Å²) < 4.78 is 0. The summed E-state index contributed by atoms with van der Waals surface area (Å²) in [6.45, 7) is 2.85. The van der Waals surface area contributed by atoms with E-state index in [0.717, 1.165) is 11.6 Å². The van der Waals surface area contributed by atoms with Gasteiger partial charge in [0.05, 0.1) is 5.02 Å². The van der Waals surface area contributed by atoms with E-state index in [9.17, 15) is 0 Å². The molecule has 0 unspecified atom stereocenters. The van der Waals surface area contributed by atoms with Crippen LogP contribution in [0.2, 0.25) is 5.02 Å². The zero-order chi connectivity index (χ0) is 10.9. The van der Waals surface area contributed by atoms with Gasteiger partial charge in [-0.2, -0.15) is 0 Å². The van der Waals surface area contributed by atoms with Gasteiger partial charge in [0.25, 0.3) is 0 Å². The summed E-state index contributed by atoms with van der Waals surface area (Å²) in [7, 11) is 0. The third kappa shape index (κ3) is 2.08. The maximum absolute atomic E-state index is 6.14. The average molecular weight is 244 g/mol. The summed E-state index contributed by atoms with van der Waals surface area (Å²) in [5, 5.41) is 0.911. The highest BCUT2D eigenvalue weighted by Gasteiger charge is 2.34. The van der Waals surface area contributed by atoms with Crippen molar-refractivity contribution in [2.75, 3.05) is 6.54 Å². The monoisotopic (exact) mass is 243 g/mol. The lowest BCUT2D eigenvalue weighted by molar-refractivity contribution is 0.306. The van der Waals surface area contributed by atoms with Crippen molar-refractivity contribution in [3.8, 4) is 0 Å². The van der Waals surface area contributed by atoms with E-state index < -0.39 is 0 Å². The second-order valence-corrected chi connectivity index (χ2v) is 6.22. The molecule has 0 radical (unpaired) electrons. The first-order chi connectivity index (χ1) is 7.18. The summed E-state index contributed by atoms with van der Waals surface area (Å²) in [6.07, 6.45) is 6.46. The van der Waals surface area contributed by atoms with Gasteiger partial charge in [-0.3, -0.25) is 0 Å². The van der Waals surface area contributed by atoms with Gasteiger partial charge in [-0.25, -0.2) is 0 Å². The average Bonchev–Trinajstić information content (AvgIpc) is 2.61. The van der Waals surface area contributed by atoms with Crippen molar-refractivity contribution < 1.29 is 0 Å². The molecule has 1 heterocycles. The molecule has 1 aliphatic carbocycles. The van der Waals surface area contributed by atoms with Crippen molar-refractivity contribution in [1.82, 2.24) is 0 Å².